The molecule has 1 fully saturated rings. The standard InChI is InChI=1S/C15H18FN3O2S/c1-10-14(18-9-21-10)15(20)17-6-12-5-11(16)7-19(12)8-13-3-2-4-22-13/h2-4,9,11-12H,5-8H2,1H3,(H,17,20)/t11-,12-/m0/s1. The van der Waals surface area contributed by atoms with Gasteiger partial charge in [0.1, 0.15) is 11.9 Å². The topological polar surface area (TPSA) is 58.4 Å². The molecule has 0 aliphatic carbocycles. The summed E-state index contributed by atoms with van der Waals surface area (Å²) in [6.07, 6.45) is 0.861. The molecule has 1 N–H and O–H groups in total. The molecule has 118 valence electrons. The van der Waals surface area contributed by atoms with Crippen LogP contribution in [0.1, 0.15) is 27.5 Å². The van der Waals surface area contributed by atoms with E-state index in [1.54, 1.807) is 18.3 Å². The lowest BCUT2D eigenvalue weighted by Gasteiger charge is -2.23. The summed E-state index contributed by atoms with van der Waals surface area (Å²) in [6, 6.07) is 4.05. The highest BCUT2D eigenvalue weighted by Crippen LogP contribution is 2.24. The van der Waals surface area contributed by atoms with E-state index in [0.29, 0.717) is 31.0 Å². The van der Waals surface area contributed by atoms with Gasteiger partial charge in [0.15, 0.2) is 12.1 Å². The summed E-state index contributed by atoms with van der Waals surface area (Å²) < 4.78 is 18.8. The fourth-order valence-corrected chi connectivity index (χ4v) is 3.48. The molecule has 2 atom stereocenters. The molecular weight excluding hydrogens is 305 g/mol. The van der Waals surface area contributed by atoms with E-state index < -0.39 is 6.17 Å². The van der Waals surface area contributed by atoms with Crippen LogP contribution in [0.15, 0.2) is 28.3 Å². The van der Waals surface area contributed by atoms with Gasteiger partial charge in [-0.15, -0.1) is 11.3 Å². The third-order valence-corrected chi connectivity index (χ3v) is 4.74. The van der Waals surface area contributed by atoms with E-state index >= 15 is 0 Å². The summed E-state index contributed by atoms with van der Waals surface area (Å²) in [5.74, 6) is 0.215. The van der Waals surface area contributed by atoms with Gasteiger partial charge < -0.3 is 9.73 Å². The minimum atomic E-state index is -0.837. The van der Waals surface area contributed by atoms with Crippen molar-refractivity contribution in [1.29, 1.82) is 0 Å². The van der Waals surface area contributed by atoms with Crippen molar-refractivity contribution >= 4 is 17.2 Å². The molecule has 1 amide bonds. The average Bonchev–Trinajstić information content (AvgIpc) is 3.19. The molecule has 1 aliphatic rings. The van der Waals surface area contributed by atoms with Gasteiger partial charge in [-0.3, -0.25) is 9.69 Å². The van der Waals surface area contributed by atoms with Crippen molar-refractivity contribution in [1.82, 2.24) is 15.2 Å². The number of likely N-dealkylation sites (tertiary alicyclic amines) is 1. The molecule has 5 nitrogen and oxygen atoms in total. The van der Waals surface area contributed by atoms with Gasteiger partial charge in [-0.25, -0.2) is 9.37 Å². The Morgan fingerprint density at radius 2 is 2.50 bits per heavy atom. The maximum Gasteiger partial charge on any atom is 0.273 e. The number of hydrogen-bond donors (Lipinski definition) is 1. The molecule has 7 heteroatoms. The Morgan fingerprint density at radius 3 is 3.18 bits per heavy atom. The molecule has 0 bridgehead atoms. The number of aryl methyl sites for hydroxylation is 1. The molecule has 0 aromatic carbocycles. The Kier molecular flexibility index (Phi) is 4.54. The van der Waals surface area contributed by atoms with Crippen LogP contribution >= 0.6 is 11.3 Å². The lowest BCUT2D eigenvalue weighted by atomic mass is 10.2. The molecule has 2 aromatic rings. The molecule has 1 aliphatic heterocycles. The Balaban J connectivity index is 1.58. The van der Waals surface area contributed by atoms with Crippen molar-refractivity contribution in [3.63, 3.8) is 0 Å². The first-order valence-corrected chi connectivity index (χ1v) is 8.10. The zero-order chi connectivity index (χ0) is 15.5. The summed E-state index contributed by atoms with van der Waals surface area (Å²) in [6.45, 7) is 3.25. The first kappa shape index (κ1) is 15.2. The van der Waals surface area contributed by atoms with Gasteiger partial charge in [-0.1, -0.05) is 6.07 Å². The van der Waals surface area contributed by atoms with Crippen LogP contribution in [0.2, 0.25) is 0 Å². The molecule has 2 aromatic heterocycles. The number of rotatable bonds is 5. The molecule has 3 heterocycles. The van der Waals surface area contributed by atoms with Gasteiger partial charge in [0.2, 0.25) is 0 Å². The van der Waals surface area contributed by atoms with Gasteiger partial charge in [0, 0.05) is 30.6 Å². The van der Waals surface area contributed by atoms with Crippen molar-refractivity contribution in [2.24, 2.45) is 0 Å². The van der Waals surface area contributed by atoms with E-state index in [0.717, 1.165) is 6.54 Å². The van der Waals surface area contributed by atoms with Gasteiger partial charge in [0.25, 0.3) is 5.91 Å². The average molecular weight is 323 g/mol. The molecular formula is C15H18FN3O2S. The highest BCUT2D eigenvalue weighted by molar-refractivity contribution is 7.09. The number of nitrogens with one attached hydrogen (secondary N) is 1. The SMILES string of the molecule is Cc1ocnc1C(=O)NC[C@@H]1C[C@H](F)CN1Cc1cccs1. The number of carbonyl (C=O) groups excluding carboxylic acids is 1. The molecule has 22 heavy (non-hydrogen) atoms. The minimum absolute atomic E-state index is 0.00765. The maximum atomic E-state index is 13.7. The van der Waals surface area contributed by atoms with Crippen LogP contribution < -0.4 is 5.32 Å². The summed E-state index contributed by atoms with van der Waals surface area (Å²) in [4.78, 5) is 19.2. The van der Waals surface area contributed by atoms with E-state index in [2.05, 4.69) is 15.2 Å². The number of halogens is 1. The maximum absolute atomic E-state index is 13.7. The van der Waals surface area contributed by atoms with Crippen LogP contribution in [0.4, 0.5) is 4.39 Å². The van der Waals surface area contributed by atoms with Crippen LogP contribution in [-0.4, -0.2) is 41.1 Å². The first-order valence-electron chi connectivity index (χ1n) is 7.22. The zero-order valence-corrected chi connectivity index (χ0v) is 13.1. The lowest BCUT2D eigenvalue weighted by molar-refractivity contribution is 0.0934. The Hall–Kier alpha value is -1.73. The molecule has 3 rings (SSSR count). The fraction of sp³-hybridized carbons (Fsp3) is 0.467. The second-order valence-corrected chi connectivity index (χ2v) is 6.50. The van der Waals surface area contributed by atoms with E-state index in [-0.39, 0.29) is 11.9 Å². The van der Waals surface area contributed by atoms with Crippen molar-refractivity contribution in [2.45, 2.75) is 32.1 Å². The van der Waals surface area contributed by atoms with Crippen molar-refractivity contribution in [2.75, 3.05) is 13.1 Å². The molecule has 0 radical (unpaired) electrons. The fourth-order valence-electron chi connectivity index (χ4n) is 2.75. The van der Waals surface area contributed by atoms with Crippen LogP contribution in [-0.2, 0) is 6.54 Å². The van der Waals surface area contributed by atoms with Crippen molar-refractivity contribution in [3.05, 3.63) is 40.2 Å². The van der Waals surface area contributed by atoms with E-state index in [1.165, 1.54) is 11.3 Å². The smallest absolute Gasteiger partial charge is 0.273 e. The molecule has 1 saturated heterocycles. The summed E-state index contributed by atoms with van der Waals surface area (Å²) in [7, 11) is 0. The lowest BCUT2D eigenvalue weighted by Crippen LogP contribution is -2.39. The third-order valence-electron chi connectivity index (χ3n) is 3.87. The number of hydrogen-bond acceptors (Lipinski definition) is 5. The number of oxazole rings is 1. The number of thiophene rings is 1. The largest absolute Gasteiger partial charge is 0.448 e. The third kappa shape index (κ3) is 3.36. The predicted molar refractivity (Wildman–Crippen MR) is 81.6 cm³/mol. The van der Waals surface area contributed by atoms with Gasteiger partial charge >= 0.3 is 0 Å². The number of carbonyl (C=O) groups is 1. The second kappa shape index (κ2) is 6.58. The first-order chi connectivity index (χ1) is 10.6. The number of nitrogens with zero attached hydrogens (tertiary/aromatic N) is 2. The van der Waals surface area contributed by atoms with E-state index in [1.807, 2.05) is 17.5 Å². The monoisotopic (exact) mass is 323 g/mol. The van der Waals surface area contributed by atoms with Gasteiger partial charge in [0.05, 0.1) is 0 Å². The van der Waals surface area contributed by atoms with Gasteiger partial charge in [-0.05, 0) is 24.8 Å². The van der Waals surface area contributed by atoms with Crippen LogP contribution in [0.3, 0.4) is 0 Å². The molecule has 0 saturated carbocycles. The summed E-state index contributed by atoms with van der Waals surface area (Å²) in [5.41, 5.74) is 0.291. The van der Waals surface area contributed by atoms with Crippen LogP contribution in [0, 0.1) is 6.92 Å². The minimum Gasteiger partial charge on any atom is -0.448 e. The second-order valence-electron chi connectivity index (χ2n) is 5.46. The van der Waals surface area contributed by atoms with Crippen LogP contribution in [0.25, 0.3) is 0 Å². The Bertz CT molecular complexity index is 629. The summed E-state index contributed by atoms with van der Waals surface area (Å²) >= 11 is 1.66. The van der Waals surface area contributed by atoms with Crippen LogP contribution in [0.5, 0.6) is 0 Å². The molecule has 0 spiro atoms. The number of aromatic nitrogens is 1. The Labute approximate surface area is 132 Å². The zero-order valence-electron chi connectivity index (χ0n) is 12.3. The van der Waals surface area contributed by atoms with Crippen molar-refractivity contribution in [3.8, 4) is 0 Å². The van der Waals surface area contributed by atoms with E-state index in [4.69, 9.17) is 4.42 Å². The normalized spacial score (nSPS) is 22.1. The highest BCUT2D eigenvalue weighted by Gasteiger charge is 2.32. The number of amides is 1. The summed E-state index contributed by atoms with van der Waals surface area (Å²) in [5, 5.41) is 4.85. The van der Waals surface area contributed by atoms with E-state index in [9.17, 15) is 9.18 Å². The van der Waals surface area contributed by atoms with Gasteiger partial charge in [-0.2, -0.15) is 0 Å². The predicted octanol–water partition coefficient (Wildman–Crippen LogP) is 2.39. The Morgan fingerprint density at radius 1 is 1.64 bits per heavy atom. The quantitative estimate of drug-likeness (QED) is 0.918. The molecule has 0 unspecified atom stereocenters. The van der Waals surface area contributed by atoms with Crippen molar-refractivity contribution < 1.29 is 13.6 Å². The highest BCUT2D eigenvalue weighted by atomic mass is 32.1. The number of alkyl halides is 1.